The number of methoxy groups -OCH3 is 2. The van der Waals surface area contributed by atoms with Crippen molar-refractivity contribution in [1.82, 2.24) is 0 Å². The Morgan fingerprint density at radius 2 is 1.61 bits per heavy atom. The fourth-order valence-corrected chi connectivity index (χ4v) is 4.01. The van der Waals surface area contributed by atoms with Gasteiger partial charge in [0.15, 0.2) is 5.41 Å². The van der Waals surface area contributed by atoms with Crippen molar-refractivity contribution in [2.24, 2.45) is 5.41 Å². The molecule has 0 spiro atoms. The molecule has 0 fully saturated rings. The quantitative estimate of drug-likeness (QED) is 0.118. The minimum Gasteiger partial charge on any atom is -0.543 e. The molecule has 0 aliphatic carbocycles. The normalized spacial score (nSPS) is 12.6. The molecule has 0 unspecified atom stereocenters. The van der Waals surface area contributed by atoms with Gasteiger partial charge in [-0.3, -0.25) is 9.59 Å². The number of allylic oxidation sites excluding steroid dienone is 1. The van der Waals surface area contributed by atoms with Gasteiger partial charge in [-0.2, -0.15) is 0 Å². The van der Waals surface area contributed by atoms with Gasteiger partial charge in [0, 0.05) is 12.0 Å². The van der Waals surface area contributed by atoms with Crippen molar-refractivity contribution in [1.29, 1.82) is 0 Å². The van der Waals surface area contributed by atoms with Crippen LogP contribution in [0.25, 0.3) is 5.76 Å². The third-order valence-corrected chi connectivity index (χ3v) is 10.3. The zero-order chi connectivity index (χ0) is 23.7. The van der Waals surface area contributed by atoms with E-state index in [1.165, 1.54) is 14.2 Å². The minimum absolute atomic E-state index is 0.0184. The molecule has 1 aromatic rings. The molecule has 0 aromatic heterocycles. The first-order valence-corrected chi connectivity index (χ1v) is 13.4. The summed E-state index contributed by atoms with van der Waals surface area (Å²) in [7, 11) is 0.369. The highest BCUT2D eigenvalue weighted by Gasteiger charge is 2.47. The van der Waals surface area contributed by atoms with Crippen molar-refractivity contribution in [3.05, 3.63) is 42.0 Å². The summed E-state index contributed by atoms with van der Waals surface area (Å²) in [5.74, 6) is 1.94. The van der Waals surface area contributed by atoms with Gasteiger partial charge >= 0.3 is 11.9 Å². The van der Waals surface area contributed by atoms with Gasteiger partial charge in [0.25, 0.3) is 0 Å². The lowest BCUT2D eigenvalue weighted by molar-refractivity contribution is -0.169. The van der Waals surface area contributed by atoms with E-state index < -0.39 is 25.7 Å². The first-order chi connectivity index (χ1) is 14.4. The zero-order valence-corrected chi connectivity index (χ0v) is 20.9. The summed E-state index contributed by atoms with van der Waals surface area (Å²) in [6, 6.07) is 9.70. The largest absolute Gasteiger partial charge is 0.543 e. The highest BCUT2D eigenvalue weighted by atomic mass is 28.4. The van der Waals surface area contributed by atoms with E-state index in [9.17, 15) is 9.59 Å². The van der Waals surface area contributed by atoms with Crippen molar-refractivity contribution in [2.45, 2.75) is 64.6 Å². The Bertz CT molecular complexity index is 797. The number of hydrogen-bond donors (Lipinski definition) is 0. The SMILES string of the molecule is C#CCCCC(C/C=C(\O[Si](C)(C)C(C)(C)C)c1ccccc1)(C(=O)OC)C(=O)OC. The highest BCUT2D eigenvalue weighted by Crippen LogP contribution is 2.41. The monoisotopic (exact) mass is 444 g/mol. The molecule has 0 aliphatic rings. The average molecular weight is 445 g/mol. The molecule has 0 atom stereocenters. The van der Waals surface area contributed by atoms with Crippen LogP contribution in [0.4, 0.5) is 0 Å². The van der Waals surface area contributed by atoms with E-state index in [1.54, 1.807) is 0 Å². The van der Waals surface area contributed by atoms with Crippen LogP contribution in [0.2, 0.25) is 18.1 Å². The zero-order valence-electron chi connectivity index (χ0n) is 19.9. The van der Waals surface area contributed by atoms with E-state index >= 15 is 0 Å². The topological polar surface area (TPSA) is 61.8 Å². The summed E-state index contributed by atoms with van der Waals surface area (Å²) in [6.07, 6.45) is 8.47. The van der Waals surface area contributed by atoms with Crippen molar-refractivity contribution >= 4 is 26.0 Å². The molecule has 0 N–H and O–H groups in total. The summed E-state index contributed by atoms with van der Waals surface area (Å²) < 4.78 is 16.6. The smallest absolute Gasteiger partial charge is 0.323 e. The molecule has 1 aromatic carbocycles. The van der Waals surface area contributed by atoms with Gasteiger partial charge in [-0.25, -0.2) is 0 Å². The molecule has 0 saturated carbocycles. The van der Waals surface area contributed by atoms with Crippen LogP contribution in [0.3, 0.4) is 0 Å². The number of esters is 2. The Balaban J connectivity index is 3.48. The van der Waals surface area contributed by atoms with E-state index in [0.29, 0.717) is 18.6 Å². The third kappa shape index (κ3) is 6.73. The van der Waals surface area contributed by atoms with Crippen LogP contribution in [-0.2, 0) is 23.5 Å². The molecule has 170 valence electrons. The number of benzene rings is 1. The van der Waals surface area contributed by atoms with Gasteiger partial charge < -0.3 is 13.9 Å². The minimum atomic E-state index is -2.18. The lowest BCUT2D eigenvalue weighted by Gasteiger charge is -2.37. The predicted molar refractivity (Wildman–Crippen MR) is 126 cm³/mol. The van der Waals surface area contributed by atoms with Gasteiger partial charge in [0.2, 0.25) is 8.32 Å². The molecule has 0 amide bonds. The summed E-state index contributed by atoms with van der Waals surface area (Å²) >= 11 is 0. The Hall–Kier alpha value is -2.52. The summed E-state index contributed by atoms with van der Waals surface area (Å²) in [5.41, 5.74) is -0.587. The second-order valence-corrected chi connectivity index (χ2v) is 13.8. The molecule has 0 heterocycles. The fraction of sp³-hybridized carbons (Fsp3) is 0.520. The lowest BCUT2D eigenvalue weighted by Crippen LogP contribution is -2.42. The van der Waals surface area contributed by atoms with E-state index in [2.05, 4.69) is 39.8 Å². The second kappa shape index (κ2) is 11.2. The molecule has 0 radical (unpaired) electrons. The number of unbranched alkanes of at least 4 members (excludes halogenated alkanes) is 1. The summed E-state index contributed by atoms with van der Waals surface area (Å²) in [6.45, 7) is 10.8. The first-order valence-electron chi connectivity index (χ1n) is 10.5. The van der Waals surface area contributed by atoms with Crippen LogP contribution in [0.5, 0.6) is 0 Å². The number of ether oxygens (including phenoxy) is 2. The Morgan fingerprint density at radius 3 is 2.06 bits per heavy atom. The number of rotatable bonds is 10. The van der Waals surface area contributed by atoms with Crippen LogP contribution in [0, 0.1) is 17.8 Å². The molecule has 6 heteroatoms. The summed E-state index contributed by atoms with van der Waals surface area (Å²) in [5, 5.41) is -0.0184. The average Bonchev–Trinajstić information content (AvgIpc) is 2.73. The predicted octanol–water partition coefficient (Wildman–Crippen LogP) is 5.58. The van der Waals surface area contributed by atoms with Crippen LogP contribution in [0.15, 0.2) is 36.4 Å². The third-order valence-electron chi connectivity index (χ3n) is 5.94. The molecule has 1 rings (SSSR count). The number of hydrogen-bond acceptors (Lipinski definition) is 5. The molecule has 0 saturated heterocycles. The Morgan fingerprint density at radius 1 is 1.06 bits per heavy atom. The van der Waals surface area contributed by atoms with Crippen molar-refractivity contribution in [2.75, 3.05) is 14.2 Å². The maximum absolute atomic E-state index is 12.8. The van der Waals surface area contributed by atoms with E-state index in [0.717, 1.165) is 5.56 Å². The molecular formula is C25H36O5Si. The van der Waals surface area contributed by atoms with Gasteiger partial charge in [-0.05, 0) is 43.5 Å². The van der Waals surface area contributed by atoms with Gasteiger partial charge in [0.05, 0.1) is 14.2 Å². The maximum Gasteiger partial charge on any atom is 0.323 e. The second-order valence-electron chi connectivity index (χ2n) is 9.12. The van der Waals surface area contributed by atoms with Gasteiger partial charge in [0.1, 0.15) is 5.76 Å². The molecule has 0 aliphatic heterocycles. The Kier molecular flexibility index (Phi) is 9.58. The van der Waals surface area contributed by atoms with E-state index in [-0.39, 0.29) is 17.9 Å². The van der Waals surface area contributed by atoms with Crippen LogP contribution in [-0.4, -0.2) is 34.5 Å². The Labute approximate surface area is 188 Å². The van der Waals surface area contributed by atoms with E-state index in [4.69, 9.17) is 20.3 Å². The molecule has 31 heavy (non-hydrogen) atoms. The van der Waals surface area contributed by atoms with E-state index in [1.807, 2.05) is 36.4 Å². The van der Waals surface area contributed by atoms with Crippen molar-refractivity contribution in [3.8, 4) is 12.3 Å². The standard InChI is InChI=1S/C25H36O5Si/c1-9-10-14-18-25(22(26)28-5,23(27)29-6)19-17-21(20-15-12-11-13-16-20)30-31(7,8)24(2,3)4/h1,11-13,15-17H,10,14,18-19H2,2-8H3/b21-17-. The number of carbonyl (C=O) groups is 2. The van der Waals surface area contributed by atoms with Crippen LogP contribution < -0.4 is 0 Å². The number of terminal acetylenes is 1. The van der Waals surface area contributed by atoms with Crippen molar-refractivity contribution < 1.29 is 23.5 Å². The fourth-order valence-electron chi connectivity index (χ4n) is 2.95. The lowest BCUT2D eigenvalue weighted by atomic mass is 9.79. The summed E-state index contributed by atoms with van der Waals surface area (Å²) in [4.78, 5) is 25.6. The number of carbonyl (C=O) groups excluding carboxylic acids is 2. The molecule has 5 nitrogen and oxygen atoms in total. The van der Waals surface area contributed by atoms with Crippen LogP contribution in [0.1, 0.15) is 52.0 Å². The molecule has 0 bridgehead atoms. The highest BCUT2D eigenvalue weighted by molar-refractivity contribution is 6.74. The molecular weight excluding hydrogens is 408 g/mol. The first kappa shape index (κ1) is 26.5. The van der Waals surface area contributed by atoms with Crippen LogP contribution >= 0.6 is 0 Å². The van der Waals surface area contributed by atoms with Gasteiger partial charge in [-0.1, -0.05) is 51.1 Å². The van der Waals surface area contributed by atoms with Crippen molar-refractivity contribution in [3.63, 3.8) is 0 Å². The van der Waals surface area contributed by atoms with Gasteiger partial charge in [-0.15, -0.1) is 12.3 Å². The maximum atomic E-state index is 12.8.